The fourth-order valence-electron chi connectivity index (χ4n) is 1.49. The fourth-order valence-corrected chi connectivity index (χ4v) is 1.49. The molecule has 0 fully saturated rings. The molecule has 0 aliphatic carbocycles. The largest absolute Gasteiger partial charge is 0.478 e. The van der Waals surface area contributed by atoms with E-state index in [-0.39, 0.29) is 11.1 Å². The maximum atomic E-state index is 11.4. The number of carbonyl (C=O) groups is 2. The first kappa shape index (κ1) is 10.9. The predicted octanol–water partition coefficient (Wildman–Crippen LogP) is 0.924. The molecule has 1 aromatic heterocycles. The third kappa shape index (κ3) is 1.87. The summed E-state index contributed by atoms with van der Waals surface area (Å²) in [5, 5.41) is 18.0. The molecule has 0 saturated heterocycles. The van der Waals surface area contributed by atoms with Gasteiger partial charge in [-0.3, -0.25) is 4.79 Å². The number of carboxylic acids is 2. The molecule has 0 unspecified atom stereocenters. The Morgan fingerprint density at radius 2 is 1.76 bits per heavy atom. The highest BCUT2D eigenvalue weighted by Gasteiger charge is 2.11. The van der Waals surface area contributed by atoms with Crippen molar-refractivity contribution in [3.63, 3.8) is 0 Å². The molecule has 6 nitrogen and oxygen atoms in total. The molecule has 2 rings (SSSR count). The van der Waals surface area contributed by atoms with Crippen molar-refractivity contribution in [3.05, 3.63) is 45.7 Å². The Kier molecular flexibility index (Phi) is 2.40. The third-order valence-electron chi connectivity index (χ3n) is 2.32. The summed E-state index contributed by atoms with van der Waals surface area (Å²) in [7, 11) is 0. The standard InChI is InChI=1S/C11H7NO5/c13-9-7(11(16)17)3-5-1-2-6(10(14)15)4-8(5)12-9/h1-4H,(H,12,13)(H,14,15)(H,16,17). The molecule has 1 heterocycles. The zero-order valence-electron chi connectivity index (χ0n) is 8.43. The molecule has 3 N–H and O–H groups in total. The molecule has 0 radical (unpaired) electrons. The van der Waals surface area contributed by atoms with Crippen LogP contribution in [-0.4, -0.2) is 27.1 Å². The molecule has 0 bridgehead atoms. The minimum absolute atomic E-state index is 0.0243. The predicted molar refractivity (Wildman–Crippen MR) is 58.5 cm³/mol. The molecule has 0 aliphatic heterocycles. The van der Waals surface area contributed by atoms with Crippen molar-refractivity contribution in [2.24, 2.45) is 0 Å². The van der Waals surface area contributed by atoms with E-state index in [2.05, 4.69) is 4.98 Å². The van der Waals surface area contributed by atoms with Gasteiger partial charge in [-0.05, 0) is 23.6 Å². The molecule has 86 valence electrons. The lowest BCUT2D eigenvalue weighted by Crippen LogP contribution is -2.17. The lowest BCUT2D eigenvalue weighted by atomic mass is 10.1. The minimum atomic E-state index is -1.32. The number of rotatable bonds is 2. The van der Waals surface area contributed by atoms with E-state index in [9.17, 15) is 14.4 Å². The minimum Gasteiger partial charge on any atom is -0.478 e. The monoisotopic (exact) mass is 233 g/mol. The average molecular weight is 233 g/mol. The van der Waals surface area contributed by atoms with Crippen molar-refractivity contribution in [3.8, 4) is 0 Å². The van der Waals surface area contributed by atoms with Crippen LogP contribution >= 0.6 is 0 Å². The Hall–Kier alpha value is -2.63. The number of fused-ring (bicyclic) bond motifs is 1. The van der Waals surface area contributed by atoms with Gasteiger partial charge in [0.25, 0.3) is 5.56 Å². The Morgan fingerprint density at radius 3 is 2.35 bits per heavy atom. The molecule has 2 aromatic rings. The Labute approximate surface area is 94.1 Å². The molecule has 1 aromatic carbocycles. The number of aromatic carboxylic acids is 2. The summed E-state index contributed by atoms with van der Waals surface area (Å²) in [5.74, 6) is -2.44. The smallest absolute Gasteiger partial charge is 0.341 e. The van der Waals surface area contributed by atoms with E-state index in [1.165, 1.54) is 24.3 Å². The second-order valence-electron chi connectivity index (χ2n) is 3.42. The van der Waals surface area contributed by atoms with Crippen molar-refractivity contribution in [1.82, 2.24) is 4.98 Å². The van der Waals surface area contributed by atoms with Crippen LogP contribution in [0, 0.1) is 0 Å². The van der Waals surface area contributed by atoms with Gasteiger partial charge in [0, 0.05) is 5.52 Å². The summed E-state index contributed by atoms with van der Waals surface area (Å²) in [6, 6.07) is 5.28. The van der Waals surface area contributed by atoms with Crippen LogP contribution in [0.5, 0.6) is 0 Å². The summed E-state index contributed by atoms with van der Waals surface area (Å²) in [5.41, 5.74) is -0.816. The summed E-state index contributed by atoms with van der Waals surface area (Å²) in [6.45, 7) is 0. The number of H-pyrrole nitrogens is 1. The van der Waals surface area contributed by atoms with E-state index in [1.54, 1.807) is 0 Å². The zero-order chi connectivity index (χ0) is 12.6. The molecule has 0 spiro atoms. The molecule has 6 heteroatoms. The average Bonchev–Trinajstić information content (AvgIpc) is 2.26. The van der Waals surface area contributed by atoms with Crippen LogP contribution in [0.2, 0.25) is 0 Å². The summed E-state index contributed by atoms with van der Waals surface area (Å²) < 4.78 is 0. The number of nitrogens with one attached hydrogen (secondary N) is 1. The maximum absolute atomic E-state index is 11.4. The zero-order valence-corrected chi connectivity index (χ0v) is 8.43. The first-order valence-corrected chi connectivity index (χ1v) is 4.62. The van der Waals surface area contributed by atoms with Gasteiger partial charge in [-0.15, -0.1) is 0 Å². The topological polar surface area (TPSA) is 107 Å². The van der Waals surface area contributed by atoms with Gasteiger partial charge in [-0.2, -0.15) is 0 Å². The van der Waals surface area contributed by atoms with Crippen LogP contribution in [0.1, 0.15) is 20.7 Å². The van der Waals surface area contributed by atoms with Gasteiger partial charge in [0.05, 0.1) is 5.56 Å². The molecule has 0 amide bonds. The Bertz CT molecular complexity index is 686. The number of hydrogen-bond acceptors (Lipinski definition) is 3. The number of benzene rings is 1. The van der Waals surface area contributed by atoms with Crippen molar-refractivity contribution < 1.29 is 19.8 Å². The van der Waals surface area contributed by atoms with Crippen LogP contribution in [0.3, 0.4) is 0 Å². The van der Waals surface area contributed by atoms with E-state index in [0.717, 1.165) is 0 Å². The van der Waals surface area contributed by atoms with Crippen LogP contribution in [0.15, 0.2) is 29.1 Å². The number of carboxylic acid groups (broad SMARTS) is 2. The first-order chi connectivity index (χ1) is 7.99. The molecule has 0 aliphatic rings. The molecule has 17 heavy (non-hydrogen) atoms. The number of aromatic amines is 1. The second kappa shape index (κ2) is 3.75. The highest BCUT2D eigenvalue weighted by molar-refractivity contribution is 5.96. The van der Waals surface area contributed by atoms with Gasteiger partial charge in [0.15, 0.2) is 0 Å². The van der Waals surface area contributed by atoms with Crippen molar-refractivity contribution in [2.75, 3.05) is 0 Å². The van der Waals surface area contributed by atoms with Gasteiger partial charge < -0.3 is 15.2 Å². The van der Waals surface area contributed by atoms with E-state index in [1.807, 2.05) is 0 Å². The van der Waals surface area contributed by atoms with E-state index < -0.39 is 17.5 Å². The van der Waals surface area contributed by atoms with E-state index in [4.69, 9.17) is 10.2 Å². The lowest BCUT2D eigenvalue weighted by Gasteiger charge is -2.01. The van der Waals surface area contributed by atoms with Crippen molar-refractivity contribution >= 4 is 22.8 Å². The van der Waals surface area contributed by atoms with Gasteiger partial charge >= 0.3 is 11.9 Å². The summed E-state index contributed by atoms with van der Waals surface area (Å²) >= 11 is 0. The van der Waals surface area contributed by atoms with Crippen molar-refractivity contribution in [1.29, 1.82) is 0 Å². The quantitative estimate of drug-likeness (QED) is 0.714. The Morgan fingerprint density at radius 1 is 1.06 bits per heavy atom. The van der Waals surface area contributed by atoms with E-state index in [0.29, 0.717) is 10.9 Å². The van der Waals surface area contributed by atoms with Gasteiger partial charge in [0.1, 0.15) is 5.56 Å². The SMILES string of the molecule is O=C(O)c1ccc2cc(C(=O)O)c(=O)[nH]c2c1. The molecular weight excluding hydrogens is 226 g/mol. The Balaban J connectivity index is 2.75. The van der Waals surface area contributed by atoms with Gasteiger partial charge in [-0.1, -0.05) is 6.07 Å². The fraction of sp³-hybridized carbons (Fsp3) is 0. The van der Waals surface area contributed by atoms with E-state index >= 15 is 0 Å². The number of hydrogen-bond donors (Lipinski definition) is 3. The summed E-state index contributed by atoms with van der Waals surface area (Å²) in [4.78, 5) is 35.2. The highest BCUT2D eigenvalue weighted by atomic mass is 16.4. The van der Waals surface area contributed by atoms with Gasteiger partial charge in [0.2, 0.25) is 0 Å². The van der Waals surface area contributed by atoms with Crippen LogP contribution in [0.25, 0.3) is 10.9 Å². The third-order valence-corrected chi connectivity index (χ3v) is 2.32. The normalized spacial score (nSPS) is 10.4. The molecule has 0 saturated carbocycles. The lowest BCUT2D eigenvalue weighted by molar-refractivity contribution is 0.0684. The van der Waals surface area contributed by atoms with Gasteiger partial charge in [-0.25, -0.2) is 9.59 Å². The van der Waals surface area contributed by atoms with Crippen LogP contribution in [-0.2, 0) is 0 Å². The number of pyridine rings is 1. The summed E-state index contributed by atoms with van der Waals surface area (Å²) in [6.07, 6.45) is 0. The first-order valence-electron chi connectivity index (χ1n) is 4.62. The molecular formula is C11H7NO5. The van der Waals surface area contributed by atoms with Crippen LogP contribution in [0.4, 0.5) is 0 Å². The van der Waals surface area contributed by atoms with Crippen molar-refractivity contribution in [2.45, 2.75) is 0 Å². The second-order valence-corrected chi connectivity index (χ2v) is 3.42. The maximum Gasteiger partial charge on any atom is 0.341 e. The van der Waals surface area contributed by atoms with Crippen LogP contribution < -0.4 is 5.56 Å². The number of aromatic nitrogens is 1. The highest BCUT2D eigenvalue weighted by Crippen LogP contribution is 2.13. The molecule has 0 atom stereocenters.